The fourth-order valence-electron chi connectivity index (χ4n) is 3.12. The van der Waals surface area contributed by atoms with Crippen LogP contribution in [0.5, 0.6) is 0 Å². The topological polar surface area (TPSA) is 49.4 Å². The summed E-state index contributed by atoms with van der Waals surface area (Å²) >= 11 is 13.5. The minimum absolute atomic E-state index is 0.0170. The van der Waals surface area contributed by atoms with Gasteiger partial charge in [0.05, 0.1) is 15.8 Å². The second kappa shape index (κ2) is 13.1. The van der Waals surface area contributed by atoms with Crippen molar-refractivity contribution in [2.45, 2.75) is 58.0 Å². The molecule has 0 radical (unpaired) electrons. The molecule has 32 heavy (non-hydrogen) atoms. The summed E-state index contributed by atoms with van der Waals surface area (Å²) in [4.78, 5) is 27.7. The van der Waals surface area contributed by atoms with Gasteiger partial charge in [-0.05, 0) is 55.2 Å². The van der Waals surface area contributed by atoms with Crippen molar-refractivity contribution < 1.29 is 14.0 Å². The van der Waals surface area contributed by atoms with Crippen LogP contribution in [0.1, 0.15) is 44.7 Å². The van der Waals surface area contributed by atoms with Gasteiger partial charge < -0.3 is 10.2 Å². The van der Waals surface area contributed by atoms with Crippen molar-refractivity contribution in [3.63, 3.8) is 0 Å². The molecular formula is C24H29Cl2FN2O2S. The third-order valence-corrected chi connectivity index (χ3v) is 6.86. The molecule has 2 aromatic rings. The summed E-state index contributed by atoms with van der Waals surface area (Å²) in [5.41, 5.74) is 1.73. The zero-order valence-electron chi connectivity index (χ0n) is 18.5. The minimum Gasteiger partial charge on any atom is -0.352 e. The molecule has 1 N–H and O–H groups in total. The number of hydrogen-bond donors (Lipinski definition) is 1. The molecule has 0 unspecified atom stereocenters. The average Bonchev–Trinajstić information content (AvgIpc) is 2.77. The first-order valence-corrected chi connectivity index (χ1v) is 12.5. The quantitative estimate of drug-likeness (QED) is 0.407. The predicted molar refractivity (Wildman–Crippen MR) is 132 cm³/mol. The van der Waals surface area contributed by atoms with Crippen molar-refractivity contribution in [1.82, 2.24) is 10.2 Å². The third-order valence-electron chi connectivity index (χ3n) is 5.13. The number of hydrogen-bond acceptors (Lipinski definition) is 3. The van der Waals surface area contributed by atoms with Gasteiger partial charge in [-0.15, -0.1) is 11.8 Å². The summed E-state index contributed by atoms with van der Waals surface area (Å²) in [6.45, 7) is 6.05. The van der Waals surface area contributed by atoms with Crippen LogP contribution >= 0.6 is 35.0 Å². The van der Waals surface area contributed by atoms with Crippen LogP contribution in [0.2, 0.25) is 10.0 Å². The number of nitrogens with one attached hydrogen (secondary N) is 1. The van der Waals surface area contributed by atoms with Crippen LogP contribution in [0.15, 0.2) is 42.5 Å². The Kier molecular flexibility index (Phi) is 10.8. The van der Waals surface area contributed by atoms with Gasteiger partial charge in [0.15, 0.2) is 0 Å². The van der Waals surface area contributed by atoms with Gasteiger partial charge in [0.2, 0.25) is 11.8 Å². The fourth-order valence-corrected chi connectivity index (χ4v) is 4.29. The number of carbonyl (C=O) groups excluding carboxylic acids is 2. The minimum atomic E-state index is -0.605. The van der Waals surface area contributed by atoms with Gasteiger partial charge >= 0.3 is 0 Å². The Labute approximate surface area is 203 Å². The Balaban J connectivity index is 2.13. The van der Waals surface area contributed by atoms with Gasteiger partial charge in [-0.2, -0.15) is 0 Å². The van der Waals surface area contributed by atoms with E-state index >= 15 is 0 Å². The van der Waals surface area contributed by atoms with E-state index in [-0.39, 0.29) is 36.0 Å². The van der Waals surface area contributed by atoms with E-state index in [2.05, 4.69) is 5.32 Å². The van der Waals surface area contributed by atoms with Crippen molar-refractivity contribution in [2.24, 2.45) is 0 Å². The summed E-state index contributed by atoms with van der Waals surface area (Å²) < 4.78 is 13.3. The predicted octanol–water partition coefficient (Wildman–Crippen LogP) is 6.09. The van der Waals surface area contributed by atoms with Gasteiger partial charge in [-0.3, -0.25) is 9.59 Å². The first-order valence-electron chi connectivity index (χ1n) is 10.6. The van der Waals surface area contributed by atoms with Gasteiger partial charge in [0, 0.05) is 18.3 Å². The standard InChI is InChI=1S/C24H29Cl2FN2O2S/c1-4-16(3)28-24(31)22(5-2)29(13-17-6-9-19(27)10-7-17)23(30)15-32-14-18-8-11-20(25)21(26)12-18/h6-12,16,22H,4-5,13-15H2,1-3H3,(H,28,31)/t16-,22+/m1/s1. The molecule has 2 amide bonds. The van der Waals surface area contributed by atoms with E-state index in [1.54, 1.807) is 29.2 Å². The number of benzene rings is 2. The lowest BCUT2D eigenvalue weighted by atomic mass is 10.1. The van der Waals surface area contributed by atoms with Crippen molar-refractivity contribution in [1.29, 1.82) is 0 Å². The molecule has 0 aliphatic carbocycles. The van der Waals surface area contributed by atoms with Crippen molar-refractivity contribution in [2.75, 3.05) is 5.75 Å². The van der Waals surface area contributed by atoms with Crippen LogP contribution in [-0.2, 0) is 21.9 Å². The summed E-state index contributed by atoms with van der Waals surface area (Å²) in [7, 11) is 0. The summed E-state index contributed by atoms with van der Waals surface area (Å²) in [5.74, 6) is 0.125. The summed E-state index contributed by atoms with van der Waals surface area (Å²) in [6, 6.07) is 10.8. The molecule has 0 aliphatic heterocycles. The molecule has 2 atom stereocenters. The lowest BCUT2D eigenvalue weighted by molar-refractivity contribution is -0.139. The molecule has 0 aromatic heterocycles. The maximum absolute atomic E-state index is 13.3. The van der Waals surface area contributed by atoms with E-state index in [1.807, 2.05) is 26.8 Å². The third kappa shape index (κ3) is 7.98. The Morgan fingerprint density at radius 2 is 1.69 bits per heavy atom. The lowest BCUT2D eigenvalue weighted by Crippen LogP contribution is -2.51. The Morgan fingerprint density at radius 1 is 1.03 bits per heavy atom. The molecule has 0 fully saturated rings. The lowest BCUT2D eigenvalue weighted by Gasteiger charge is -2.31. The van der Waals surface area contributed by atoms with E-state index in [9.17, 15) is 14.0 Å². The van der Waals surface area contributed by atoms with Gasteiger partial charge in [-0.25, -0.2) is 4.39 Å². The van der Waals surface area contributed by atoms with Crippen LogP contribution < -0.4 is 5.32 Å². The van der Waals surface area contributed by atoms with E-state index < -0.39 is 6.04 Å². The molecule has 0 bridgehead atoms. The van der Waals surface area contributed by atoms with E-state index in [4.69, 9.17) is 23.2 Å². The molecule has 4 nitrogen and oxygen atoms in total. The van der Waals surface area contributed by atoms with Crippen LogP contribution in [0.4, 0.5) is 4.39 Å². The molecule has 2 rings (SSSR count). The molecule has 0 aliphatic rings. The molecule has 0 heterocycles. The maximum atomic E-state index is 13.3. The van der Waals surface area contributed by atoms with E-state index in [0.717, 1.165) is 17.5 Å². The number of halogens is 3. The van der Waals surface area contributed by atoms with Crippen LogP contribution in [0, 0.1) is 5.82 Å². The zero-order chi connectivity index (χ0) is 23.7. The number of amides is 2. The van der Waals surface area contributed by atoms with Crippen LogP contribution in [0.25, 0.3) is 0 Å². The number of nitrogens with zero attached hydrogens (tertiary/aromatic N) is 1. The highest BCUT2D eigenvalue weighted by Crippen LogP contribution is 2.25. The number of thioether (sulfide) groups is 1. The monoisotopic (exact) mass is 498 g/mol. The molecular weight excluding hydrogens is 470 g/mol. The molecule has 0 saturated carbocycles. The van der Waals surface area contributed by atoms with Gasteiger partial charge in [0.1, 0.15) is 11.9 Å². The first-order chi connectivity index (χ1) is 15.2. The largest absolute Gasteiger partial charge is 0.352 e. The average molecular weight is 499 g/mol. The highest BCUT2D eigenvalue weighted by molar-refractivity contribution is 7.99. The summed E-state index contributed by atoms with van der Waals surface area (Å²) in [5, 5.41) is 3.94. The summed E-state index contributed by atoms with van der Waals surface area (Å²) in [6.07, 6.45) is 1.28. The highest BCUT2D eigenvalue weighted by Gasteiger charge is 2.29. The maximum Gasteiger partial charge on any atom is 0.243 e. The number of rotatable bonds is 11. The van der Waals surface area contributed by atoms with Crippen LogP contribution in [-0.4, -0.2) is 34.6 Å². The van der Waals surface area contributed by atoms with Crippen molar-refractivity contribution in [3.8, 4) is 0 Å². The number of carbonyl (C=O) groups is 2. The normalized spacial score (nSPS) is 12.8. The first kappa shape index (κ1) is 26.5. The van der Waals surface area contributed by atoms with Gasteiger partial charge in [-0.1, -0.05) is 55.2 Å². The Morgan fingerprint density at radius 3 is 2.28 bits per heavy atom. The van der Waals surface area contributed by atoms with E-state index in [1.165, 1.54) is 23.9 Å². The molecule has 2 aromatic carbocycles. The van der Waals surface area contributed by atoms with Crippen molar-refractivity contribution in [3.05, 3.63) is 69.5 Å². The van der Waals surface area contributed by atoms with Crippen molar-refractivity contribution >= 4 is 46.8 Å². The molecule has 0 saturated heterocycles. The zero-order valence-corrected chi connectivity index (χ0v) is 20.9. The fraction of sp³-hybridized carbons (Fsp3) is 0.417. The second-order valence-electron chi connectivity index (χ2n) is 7.63. The molecule has 0 spiro atoms. The smallest absolute Gasteiger partial charge is 0.243 e. The second-order valence-corrected chi connectivity index (χ2v) is 9.43. The SMILES string of the molecule is CC[C@@H](C)NC(=O)[C@H](CC)N(Cc1ccc(F)cc1)C(=O)CSCc1ccc(Cl)c(Cl)c1. The Hall–Kier alpha value is -1.76. The van der Waals surface area contributed by atoms with E-state index in [0.29, 0.717) is 22.2 Å². The molecule has 8 heteroatoms. The molecule has 174 valence electrons. The van der Waals surface area contributed by atoms with Gasteiger partial charge in [0.25, 0.3) is 0 Å². The Bertz CT molecular complexity index is 911. The van der Waals surface area contributed by atoms with Crippen LogP contribution in [0.3, 0.4) is 0 Å². The highest BCUT2D eigenvalue weighted by atomic mass is 35.5.